The van der Waals surface area contributed by atoms with E-state index < -0.39 is 20.0 Å². The van der Waals surface area contributed by atoms with Gasteiger partial charge in [0.1, 0.15) is 5.82 Å². The van der Waals surface area contributed by atoms with E-state index in [1.54, 1.807) is 19.1 Å². The molecule has 0 radical (unpaired) electrons. The predicted octanol–water partition coefficient (Wildman–Crippen LogP) is 3.86. The fraction of sp³-hybridized carbons (Fsp3) is 0.348. The lowest BCUT2D eigenvalue weighted by Gasteiger charge is -2.33. The van der Waals surface area contributed by atoms with E-state index in [0.717, 1.165) is 8.39 Å². The monoisotopic (exact) mass is 540 g/mol. The largest absolute Gasteiger partial charge is 0.369 e. The van der Waals surface area contributed by atoms with E-state index in [1.165, 1.54) is 50.6 Å². The molecule has 2 aromatic carbocycles. The second-order valence-electron chi connectivity index (χ2n) is 8.66. The number of piperidine rings is 1. The fourth-order valence-corrected chi connectivity index (χ4v) is 6.45. The molecule has 1 aromatic heterocycles. The van der Waals surface area contributed by atoms with Gasteiger partial charge in [-0.05, 0) is 67.6 Å². The number of sulfonamides is 1. The van der Waals surface area contributed by atoms with Crippen LogP contribution in [0.3, 0.4) is 0 Å². The lowest BCUT2D eigenvalue weighted by molar-refractivity contribution is 0.481. The average Bonchev–Trinajstić information content (AvgIpc) is 3.21. The van der Waals surface area contributed by atoms with Gasteiger partial charge >= 0.3 is 0 Å². The summed E-state index contributed by atoms with van der Waals surface area (Å²) in [6.45, 7) is 2.98. The summed E-state index contributed by atoms with van der Waals surface area (Å²) in [6, 6.07) is 9.78. The Morgan fingerprint density at radius 3 is 2.17 bits per heavy atom. The van der Waals surface area contributed by atoms with Crippen LogP contribution in [0.25, 0.3) is 0 Å². The fourth-order valence-electron chi connectivity index (χ4n) is 4.23. The third-order valence-electron chi connectivity index (χ3n) is 6.24. The number of nitrogens with zero attached hydrogens (tertiary/aromatic N) is 4. The van der Waals surface area contributed by atoms with Gasteiger partial charge in [-0.25, -0.2) is 17.1 Å². The molecule has 8 nitrogen and oxygen atoms in total. The summed E-state index contributed by atoms with van der Waals surface area (Å²) in [5.74, 6) is -0.255. The van der Waals surface area contributed by atoms with E-state index >= 15 is 0 Å². The van der Waals surface area contributed by atoms with E-state index in [0.29, 0.717) is 47.9 Å². The Labute approximate surface area is 210 Å². The highest BCUT2D eigenvalue weighted by atomic mass is 35.5. The zero-order chi connectivity index (χ0) is 25.5. The number of aryl methyl sites for hydroxylation is 1. The van der Waals surface area contributed by atoms with E-state index in [9.17, 15) is 21.2 Å². The molecule has 1 aliphatic heterocycles. The van der Waals surface area contributed by atoms with E-state index in [-0.39, 0.29) is 21.5 Å². The molecule has 0 unspecified atom stereocenters. The Bertz CT molecular complexity index is 1450. The smallest absolute Gasteiger partial charge is 0.283 e. The molecule has 2 heterocycles. The third kappa shape index (κ3) is 4.95. The minimum Gasteiger partial charge on any atom is -0.369 e. The van der Waals surface area contributed by atoms with Gasteiger partial charge in [0.25, 0.3) is 10.0 Å². The van der Waals surface area contributed by atoms with Crippen LogP contribution in [0.4, 0.5) is 10.1 Å². The van der Waals surface area contributed by atoms with Crippen LogP contribution in [-0.2, 0) is 20.0 Å². The van der Waals surface area contributed by atoms with E-state index in [1.807, 2.05) is 4.90 Å². The van der Waals surface area contributed by atoms with Gasteiger partial charge in [-0.2, -0.15) is 17.6 Å². The maximum atomic E-state index is 14.3. The van der Waals surface area contributed by atoms with Crippen LogP contribution >= 0.6 is 11.6 Å². The first-order valence-corrected chi connectivity index (χ1v) is 14.2. The minimum atomic E-state index is -4.02. The normalized spacial score (nSPS) is 15.7. The number of hydrogen-bond donors (Lipinski definition) is 0. The van der Waals surface area contributed by atoms with Crippen molar-refractivity contribution in [2.24, 2.45) is 0 Å². The molecule has 0 aliphatic carbocycles. The Kier molecular flexibility index (Phi) is 6.98. The van der Waals surface area contributed by atoms with E-state index in [4.69, 9.17) is 11.6 Å². The maximum Gasteiger partial charge on any atom is 0.283 e. The molecule has 0 spiro atoms. The molecule has 1 fully saturated rings. The minimum absolute atomic E-state index is 0.00113. The highest BCUT2D eigenvalue weighted by Gasteiger charge is 2.27. The molecular weight excluding hydrogens is 515 g/mol. The molecule has 3 aromatic rings. The summed E-state index contributed by atoms with van der Waals surface area (Å²) >= 11 is 5.86. The molecule has 0 N–H and O–H groups in total. The molecule has 188 valence electrons. The number of aromatic nitrogens is 2. The van der Waals surface area contributed by atoms with Crippen molar-refractivity contribution in [3.63, 3.8) is 0 Å². The Hall–Kier alpha value is -2.47. The molecule has 0 saturated carbocycles. The molecule has 0 bridgehead atoms. The van der Waals surface area contributed by atoms with Crippen LogP contribution in [0.1, 0.15) is 30.0 Å². The number of rotatable bonds is 6. The lowest BCUT2D eigenvalue weighted by Crippen LogP contribution is -2.33. The first-order chi connectivity index (χ1) is 16.4. The zero-order valence-corrected chi connectivity index (χ0v) is 21.9. The van der Waals surface area contributed by atoms with Gasteiger partial charge in [0.15, 0.2) is 0 Å². The summed E-state index contributed by atoms with van der Waals surface area (Å²) in [4.78, 5) is 1.98. The highest BCUT2D eigenvalue weighted by molar-refractivity contribution is 7.90. The summed E-state index contributed by atoms with van der Waals surface area (Å²) < 4.78 is 67.1. The molecule has 0 atom stereocenters. The molecule has 35 heavy (non-hydrogen) atoms. The van der Waals surface area contributed by atoms with Crippen molar-refractivity contribution in [2.75, 3.05) is 32.1 Å². The molecule has 1 aliphatic rings. The van der Waals surface area contributed by atoms with Crippen molar-refractivity contribution in [1.29, 1.82) is 0 Å². The van der Waals surface area contributed by atoms with Gasteiger partial charge in [-0.1, -0.05) is 17.7 Å². The van der Waals surface area contributed by atoms with Crippen LogP contribution in [0.2, 0.25) is 5.02 Å². The van der Waals surface area contributed by atoms with Crippen molar-refractivity contribution in [3.05, 3.63) is 70.8 Å². The Morgan fingerprint density at radius 2 is 1.60 bits per heavy atom. The molecule has 0 amide bonds. The predicted molar refractivity (Wildman–Crippen MR) is 132 cm³/mol. The number of hydrogen-bond acceptors (Lipinski definition) is 6. The Morgan fingerprint density at radius 1 is 1.00 bits per heavy atom. The Balaban J connectivity index is 1.52. The summed E-state index contributed by atoms with van der Waals surface area (Å²) in [5, 5.41) is 4.58. The quantitative estimate of drug-likeness (QED) is 0.471. The molecule has 12 heteroatoms. The standard InChI is InChI=1S/C23H26ClFN4O4S2/c1-16-23(28-12-10-17(11-13-28)21-9-4-18(24)14-22(21)25)15-29(26-16)35(32,33)20-7-5-19(6-8-20)34(30,31)27(2)3/h4-9,14-15,17H,10-13H2,1-3H3. The van der Waals surface area contributed by atoms with E-state index in [2.05, 4.69) is 5.10 Å². The second kappa shape index (κ2) is 9.53. The summed E-state index contributed by atoms with van der Waals surface area (Å²) in [5.41, 5.74) is 1.88. The lowest BCUT2D eigenvalue weighted by atomic mass is 9.89. The van der Waals surface area contributed by atoms with Gasteiger partial charge in [0.2, 0.25) is 10.0 Å². The molecule has 4 rings (SSSR count). The van der Waals surface area contributed by atoms with Gasteiger partial charge in [-0.3, -0.25) is 0 Å². The van der Waals surface area contributed by atoms with Crippen LogP contribution < -0.4 is 4.90 Å². The maximum absolute atomic E-state index is 14.3. The van der Waals surface area contributed by atoms with Crippen LogP contribution in [-0.4, -0.2) is 57.5 Å². The number of benzene rings is 2. The van der Waals surface area contributed by atoms with Crippen molar-refractivity contribution in [2.45, 2.75) is 35.5 Å². The second-order valence-corrected chi connectivity index (χ2v) is 13.0. The van der Waals surface area contributed by atoms with Crippen molar-refractivity contribution in [3.8, 4) is 0 Å². The van der Waals surface area contributed by atoms with Gasteiger partial charge in [0.05, 0.1) is 27.4 Å². The molecule has 1 saturated heterocycles. The van der Waals surface area contributed by atoms with Crippen molar-refractivity contribution < 1.29 is 21.2 Å². The topological polar surface area (TPSA) is 92.6 Å². The SMILES string of the molecule is Cc1nn(S(=O)(=O)c2ccc(S(=O)(=O)N(C)C)cc2)cc1N1CCC(c2ccc(Cl)cc2F)CC1. The number of halogens is 2. The van der Waals surface area contributed by atoms with Gasteiger partial charge in [0, 0.05) is 32.2 Å². The first kappa shape index (κ1) is 25.6. The molecular formula is C23H26ClFN4O4S2. The summed E-state index contributed by atoms with van der Waals surface area (Å²) in [6.07, 6.45) is 2.88. The third-order valence-corrected chi connectivity index (χ3v) is 9.85. The first-order valence-electron chi connectivity index (χ1n) is 11.0. The highest BCUT2D eigenvalue weighted by Crippen LogP contribution is 2.34. The zero-order valence-electron chi connectivity index (χ0n) is 19.5. The number of anilines is 1. The van der Waals surface area contributed by atoms with Gasteiger partial charge in [-0.15, -0.1) is 0 Å². The van der Waals surface area contributed by atoms with Crippen LogP contribution in [0.5, 0.6) is 0 Å². The average molecular weight is 541 g/mol. The van der Waals surface area contributed by atoms with Crippen molar-refractivity contribution in [1.82, 2.24) is 13.5 Å². The van der Waals surface area contributed by atoms with Crippen LogP contribution in [0.15, 0.2) is 58.5 Å². The van der Waals surface area contributed by atoms with Crippen LogP contribution in [0, 0.1) is 12.7 Å². The summed E-state index contributed by atoms with van der Waals surface area (Å²) in [7, 11) is -4.88. The van der Waals surface area contributed by atoms with Gasteiger partial charge < -0.3 is 4.90 Å². The van der Waals surface area contributed by atoms with Crippen molar-refractivity contribution >= 4 is 37.3 Å².